The third-order valence-electron chi connectivity index (χ3n) is 6.00. The zero-order chi connectivity index (χ0) is 19.9. The number of aliphatic carboxylic acids is 1. The van der Waals surface area contributed by atoms with Crippen molar-refractivity contribution in [2.24, 2.45) is 5.41 Å². The van der Waals surface area contributed by atoms with E-state index in [9.17, 15) is 27.9 Å². The molecular formula is C19H22F3NO4. The zero-order valence-corrected chi connectivity index (χ0v) is 15.0. The van der Waals surface area contributed by atoms with Crippen molar-refractivity contribution >= 4 is 11.9 Å². The molecule has 1 aromatic carbocycles. The number of carboxylic acids is 1. The third-order valence-corrected chi connectivity index (χ3v) is 6.00. The number of carboxylic acid groups (broad SMARTS) is 1. The summed E-state index contributed by atoms with van der Waals surface area (Å²) in [7, 11) is 1.51. The molecule has 1 unspecified atom stereocenters. The molecule has 1 atom stereocenters. The van der Waals surface area contributed by atoms with Crippen LogP contribution in [0.2, 0.25) is 0 Å². The quantitative estimate of drug-likeness (QED) is 0.863. The van der Waals surface area contributed by atoms with Gasteiger partial charge in [-0.3, -0.25) is 9.59 Å². The van der Waals surface area contributed by atoms with Gasteiger partial charge < -0.3 is 14.7 Å². The smallest absolute Gasteiger partial charge is 0.406 e. The van der Waals surface area contributed by atoms with E-state index in [0.717, 1.165) is 17.7 Å². The Morgan fingerprint density at radius 3 is 2.37 bits per heavy atom. The lowest BCUT2D eigenvalue weighted by Gasteiger charge is -2.34. The molecule has 0 aromatic heterocycles. The minimum Gasteiger partial charge on any atom is -0.497 e. The Kier molecular flexibility index (Phi) is 4.86. The number of likely N-dealkylation sites (tertiary alicyclic amines) is 1. The molecule has 3 rings (SSSR count). The SMILES string of the molecule is COc1cccc(C2(C(=O)N3CCC(C(=O)O)(C(F)(F)F)C3)CCCC2)c1. The fraction of sp³-hybridized carbons (Fsp3) is 0.579. The highest BCUT2D eigenvalue weighted by molar-refractivity contribution is 5.90. The van der Waals surface area contributed by atoms with Crippen LogP contribution in [0.3, 0.4) is 0 Å². The highest BCUT2D eigenvalue weighted by Crippen LogP contribution is 2.49. The minimum absolute atomic E-state index is 0.212. The second-order valence-electron chi connectivity index (χ2n) is 7.38. The number of nitrogens with zero attached hydrogens (tertiary/aromatic N) is 1. The summed E-state index contributed by atoms with van der Waals surface area (Å²) in [6.45, 7) is -1.05. The van der Waals surface area contributed by atoms with Crippen molar-refractivity contribution in [3.63, 3.8) is 0 Å². The molecule has 1 heterocycles. The van der Waals surface area contributed by atoms with Gasteiger partial charge in [-0.1, -0.05) is 25.0 Å². The van der Waals surface area contributed by atoms with E-state index in [1.54, 1.807) is 24.3 Å². The van der Waals surface area contributed by atoms with E-state index in [-0.39, 0.29) is 6.54 Å². The Bertz CT molecular complexity index is 743. The molecule has 2 fully saturated rings. The largest absolute Gasteiger partial charge is 0.497 e. The van der Waals surface area contributed by atoms with Crippen LogP contribution in [0.25, 0.3) is 0 Å². The molecule has 1 saturated heterocycles. The standard InChI is InChI=1S/C19H22F3NO4/c1-27-14-6-4-5-13(11-14)17(7-2-3-8-17)15(24)23-10-9-18(12-23,16(25)26)19(20,21)22/h4-6,11H,2-3,7-10,12H2,1H3,(H,25,26). The van der Waals surface area contributed by atoms with Gasteiger partial charge in [-0.2, -0.15) is 13.2 Å². The first-order chi connectivity index (χ1) is 12.7. The number of methoxy groups -OCH3 is 1. The Labute approximate surface area is 155 Å². The molecule has 1 amide bonds. The lowest BCUT2D eigenvalue weighted by atomic mass is 9.77. The van der Waals surface area contributed by atoms with Gasteiger partial charge in [0.25, 0.3) is 0 Å². The van der Waals surface area contributed by atoms with Crippen molar-refractivity contribution < 1.29 is 32.6 Å². The number of hydrogen-bond acceptors (Lipinski definition) is 3. The van der Waals surface area contributed by atoms with E-state index in [1.807, 2.05) is 0 Å². The second kappa shape index (κ2) is 6.73. The van der Waals surface area contributed by atoms with Gasteiger partial charge >= 0.3 is 12.1 Å². The molecular weight excluding hydrogens is 363 g/mol. The normalized spacial score (nSPS) is 24.8. The van der Waals surface area contributed by atoms with Crippen LogP contribution in [0.4, 0.5) is 13.2 Å². The van der Waals surface area contributed by atoms with Gasteiger partial charge in [0.2, 0.25) is 5.91 Å². The average molecular weight is 385 g/mol. The second-order valence-corrected chi connectivity index (χ2v) is 7.38. The van der Waals surface area contributed by atoms with Crippen molar-refractivity contribution in [3.05, 3.63) is 29.8 Å². The maximum Gasteiger partial charge on any atom is 0.406 e. The molecule has 0 spiro atoms. The van der Waals surface area contributed by atoms with E-state index in [2.05, 4.69) is 0 Å². The predicted molar refractivity (Wildman–Crippen MR) is 90.5 cm³/mol. The maximum absolute atomic E-state index is 13.5. The summed E-state index contributed by atoms with van der Waals surface area (Å²) in [6.07, 6.45) is -2.89. The molecule has 1 aliphatic heterocycles. The number of carbonyl (C=O) groups excluding carboxylic acids is 1. The number of rotatable bonds is 4. The number of ether oxygens (including phenoxy) is 1. The summed E-state index contributed by atoms with van der Waals surface area (Å²) in [6, 6.07) is 7.03. The van der Waals surface area contributed by atoms with Gasteiger partial charge in [0.15, 0.2) is 5.41 Å². The van der Waals surface area contributed by atoms with Crippen molar-refractivity contribution in [3.8, 4) is 5.75 Å². The van der Waals surface area contributed by atoms with Crippen molar-refractivity contribution in [2.45, 2.75) is 43.7 Å². The summed E-state index contributed by atoms with van der Waals surface area (Å²) >= 11 is 0. The fourth-order valence-electron chi connectivity index (χ4n) is 4.34. The van der Waals surface area contributed by atoms with Crippen LogP contribution < -0.4 is 4.74 Å². The maximum atomic E-state index is 13.5. The third kappa shape index (κ3) is 3.04. The monoisotopic (exact) mass is 385 g/mol. The molecule has 1 saturated carbocycles. The minimum atomic E-state index is -4.91. The lowest BCUT2D eigenvalue weighted by Crippen LogP contribution is -2.50. The van der Waals surface area contributed by atoms with E-state index in [4.69, 9.17) is 4.74 Å². The summed E-state index contributed by atoms with van der Waals surface area (Å²) in [4.78, 5) is 25.8. The Morgan fingerprint density at radius 2 is 1.85 bits per heavy atom. The predicted octanol–water partition coefficient (Wildman–Crippen LogP) is 3.37. The average Bonchev–Trinajstić information content (AvgIpc) is 3.29. The van der Waals surface area contributed by atoms with E-state index < -0.39 is 41.8 Å². The van der Waals surface area contributed by atoms with Crippen molar-refractivity contribution in [1.29, 1.82) is 0 Å². The van der Waals surface area contributed by atoms with Crippen LogP contribution in [0.5, 0.6) is 5.75 Å². The molecule has 1 aliphatic carbocycles. The fourth-order valence-corrected chi connectivity index (χ4v) is 4.34. The summed E-state index contributed by atoms with van der Waals surface area (Å²) in [5.41, 5.74) is -3.10. The van der Waals surface area contributed by atoms with Gasteiger partial charge in [0.1, 0.15) is 5.75 Å². The first-order valence-corrected chi connectivity index (χ1v) is 8.90. The topological polar surface area (TPSA) is 66.8 Å². The molecule has 148 valence electrons. The number of hydrogen-bond donors (Lipinski definition) is 1. The van der Waals surface area contributed by atoms with E-state index >= 15 is 0 Å². The van der Waals surface area contributed by atoms with Gasteiger partial charge in [0.05, 0.1) is 12.5 Å². The van der Waals surface area contributed by atoms with Crippen molar-refractivity contribution in [2.75, 3.05) is 20.2 Å². The molecule has 1 N–H and O–H groups in total. The molecule has 2 aliphatic rings. The van der Waals surface area contributed by atoms with Gasteiger partial charge in [-0.25, -0.2) is 0 Å². The van der Waals surface area contributed by atoms with Gasteiger partial charge in [-0.15, -0.1) is 0 Å². The number of amides is 1. The van der Waals surface area contributed by atoms with Crippen LogP contribution in [-0.4, -0.2) is 48.3 Å². The Balaban J connectivity index is 1.94. The van der Waals surface area contributed by atoms with Gasteiger partial charge in [-0.05, 0) is 37.0 Å². The summed E-state index contributed by atoms with van der Waals surface area (Å²) < 4.78 is 45.6. The highest BCUT2D eigenvalue weighted by Gasteiger charge is 2.65. The van der Waals surface area contributed by atoms with Crippen LogP contribution >= 0.6 is 0 Å². The first-order valence-electron chi connectivity index (χ1n) is 8.90. The Morgan fingerprint density at radius 1 is 1.19 bits per heavy atom. The molecule has 1 aromatic rings. The summed E-state index contributed by atoms with van der Waals surface area (Å²) in [5, 5.41) is 9.24. The number of benzene rings is 1. The molecule has 0 radical (unpaired) electrons. The molecule has 0 bridgehead atoms. The lowest BCUT2D eigenvalue weighted by molar-refractivity contribution is -0.227. The molecule has 5 nitrogen and oxygen atoms in total. The number of halogens is 3. The summed E-state index contributed by atoms with van der Waals surface area (Å²) in [5.74, 6) is -1.77. The Hall–Kier alpha value is -2.25. The van der Waals surface area contributed by atoms with Gasteiger partial charge in [0, 0.05) is 13.1 Å². The molecule has 8 heteroatoms. The molecule has 27 heavy (non-hydrogen) atoms. The number of alkyl halides is 3. The van der Waals surface area contributed by atoms with E-state index in [1.165, 1.54) is 7.11 Å². The number of carbonyl (C=O) groups is 2. The first kappa shape index (κ1) is 19.5. The van der Waals surface area contributed by atoms with Crippen LogP contribution in [0.1, 0.15) is 37.7 Å². The zero-order valence-electron chi connectivity index (χ0n) is 15.0. The van der Waals surface area contributed by atoms with Crippen LogP contribution in [0, 0.1) is 5.41 Å². The highest BCUT2D eigenvalue weighted by atomic mass is 19.4. The van der Waals surface area contributed by atoms with Crippen LogP contribution in [-0.2, 0) is 15.0 Å². The van der Waals surface area contributed by atoms with E-state index in [0.29, 0.717) is 24.2 Å². The van der Waals surface area contributed by atoms with Crippen LogP contribution in [0.15, 0.2) is 24.3 Å². The van der Waals surface area contributed by atoms with Crippen molar-refractivity contribution in [1.82, 2.24) is 4.90 Å².